The van der Waals surface area contributed by atoms with E-state index >= 15 is 0 Å². The summed E-state index contributed by atoms with van der Waals surface area (Å²) in [5.74, 6) is 0.491. The molecule has 0 aliphatic heterocycles. The molecule has 0 atom stereocenters. The molecule has 3 aromatic carbocycles. The topological polar surface area (TPSA) is 81.4 Å². The molecule has 0 fully saturated rings. The number of nitrogens with one attached hydrogen (secondary N) is 1. The van der Waals surface area contributed by atoms with Crippen LogP contribution in [0, 0.1) is 0 Å². The molecule has 0 saturated heterocycles. The Morgan fingerprint density at radius 1 is 0.897 bits per heavy atom. The summed E-state index contributed by atoms with van der Waals surface area (Å²) in [6.45, 7) is 4.19. The van der Waals surface area contributed by atoms with Gasteiger partial charge in [0.1, 0.15) is 5.75 Å². The highest BCUT2D eigenvalue weighted by atomic mass is 16.5. The van der Waals surface area contributed by atoms with Gasteiger partial charge in [0, 0.05) is 16.7 Å². The van der Waals surface area contributed by atoms with Crippen LogP contribution in [-0.4, -0.2) is 18.8 Å². The largest absolute Gasteiger partial charge is 0.497 e. The van der Waals surface area contributed by atoms with Crippen LogP contribution >= 0.6 is 0 Å². The molecule has 0 unspecified atom stereocenters. The third-order valence-electron chi connectivity index (χ3n) is 4.77. The number of ether oxygens (including phenoxy) is 1. The Kier molecular flexibility index (Phi) is 5.98. The summed E-state index contributed by atoms with van der Waals surface area (Å²) in [4.78, 5) is 25.8. The molecule has 3 aromatic rings. The maximum absolute atomic E-state index is 13.0. The third-order valence-corrected chi connectivity index (χ3v) is 4.77. The summed E-state index contributed by atoms with van der Waals surface area (Å²) in [5.41, 5.74) is 9.19. The number of methoxy groups -OCH3 is 1. The normalized spacial score (nSPS) is 10.6. The predicted molar refractivity (Wildman–Crippen MR) is 116 cm³/mol. The van der Waals surface area contributed by atoms with Crippen LogP contribution in [0.15, 0.2) is 66.7 Å². The van der Waals surface area contributed by atoms with Crippen molar-refractivity contribution < 1.29 is 14.3 Å². The zero-order valence-corrected chi connectivity index (χ0v) is 16.7. The van der Waals surface area contributed by atoms with Gasteiger partial charge in [-0.2, -0.15) is 0 Å². The molecular formula is C24H24N2O3. The van der Waals surface area contributed by atoms with E-state index in [0.717, 1.165) is 5.56 Å². The summed E-state index contributed by atoms with van der Waals surface area (Å²) < 4.78 is 5.13. The van der Waals surface area contributed by atoms with Crippen molar-refractivity contribution >= 4 is 23.1 Å². The first kappa shape index (κ1) is 20.1. The lowest BCUT2D eigenvalue weighted by molar-refractivity contribution is 0.102. The van der Waals surface area contributed by atoms with Gasteiger partial charge in [-0.05, 0) is 60.0 Å². The van der Waals surface area contributed by atoms with Crippen LogP contribution in [-0.2, 0) is 0 Å². The third kappa shape index (κ3) is 4.46. The van der Waals surface area contributed by atoms with Gasteiger partial charge in [-0.15, -0.1) is 0 Å². The maximum atomic E-state index is 13.0. The second kappa shape index (κ2) is 8.61. The van der Waals surface area contributed by atoms with E-state index in [1.54, 1.807) is 61.7 Å². The van der Waals surface area contributed by atoms with Gasteiger partial charge in [0.25, 0.3) is 5.91 Å². The average molecular weight is 388 g/mol. The Morgan fingerprint density at radius 2 is 1.52 bits per heavy atom. The van der Waals surface area contributed by atoms with Gasteiger partial charge in [0.05, 0.1) is 18.5 Å². The number of nitrogens with two attached hydrogens (primary N) is 1. The van der Waals surface area contributed by atoms with E-state index in [2.05, 4.69) is 19.2 Å². The minimum Gasteiger partial charge on any atom is -0.497 e. The van der Waals surface area contributed by atoms with Crippen molar-refractivity contribution in [3.05, 3.63) is 89.0 Å². The van der Waals surface area contributed by atoms with Crippen LogP contribution in [0.4, 0.5) is 11.4 Å². The molecule has 148 valence electrons. The quantitative estimate of drug-likeness (QED) is 0.466. The van der Waals surface area contributed by atoms with Gasteiger partial charge in [0.15, 0.2) is 5.78 Å². The zero-order valence-electron chi connectivity index (χ0n) is 16.7. The molecule has 0 heterocycles. The number of carbonyl (C=O) groups excluding carboxylic acids is 2. The number of amides is 1. The molecule has 0 saturated carbocycles. The van der Waals surface area contributed by atoms with Gasteiger partial charge in [0.2, 0.25) is 0 Å². The van der Waals surface area contributed by atoms with Crippen LogP contribution in [0.3, 0.4) is 0 Å². The Bertz CT molecular complexity index is 1020. The first-order chi connectivity index (χ1) is 13.9. The zero-order chi connectivity index (χ0) is 21.0. The molecule has 0 spiro atoms. The van der Waals surface area contributed by atoms with Crippen LogP contribution < -0.4 is 15.8 Å². The lowest BCUT2D eigenvalue weighted by Crippen LogP contribution is -2.17. The minimum absolute atomic E-state index is 0.231. The maximum Gasteiger partial charge on any atom is 0.255 e. The number of ketones is 1. The molecule has 3 rings (SSSR count). The highest BCUT2D eigenvalue weighted by molar-refractivity contribution is 6.17. The van der Waals surface area contributed by atoms with E-state index < -0.39 is 0 Å². The fraction of sp³-hybridized carbons (Fsp3) is 0.167. The molecule has 1 amide bonds. The van der Waals surface area contributed by atoms with Gasteiger partial charge < -0.3 is 15.8 Å². The first-order valence-corrected chi connectivity index (χ1v) is 9.39. The van der Waals surface area contributed by atoms with Crippen molar-refractivity contribution in [3.63, 3.8) is 0 Å². The van der Waals surface area contributed by atoms with Gasteiger partial charge in [-0.3, -0.25) is 9.59 Å². The molecule has 3 N–H and O–H groups in total. The summed E-state index contributed by atoms with van der Waals surface area (Å²) in [6, 6.07) is 19.2. The Labute approximate surface area is 170 Å². The Morgan fingerprint density at radius 3 is 2.10 bits per heavy atom. The predicted octanol–water partition coefficient (Wildman–Crippen LogP) is 4.88. The fourth-order valence-corrected chi connectivity index (χ4v) is 3.00. The highest BCUT2D eigenvalue weighted by Crippen LogP contribution is 2.27. The van der Waals surface area contributed by atoms with Crippen molar-refractivity contribution in [3.8, 4) is 5.75 Å². The molecule has 0 aliphatic rings. The van der Waals surface area contributed by atoms with Crippen molar-refractivity contribution in [1.82, 2.24) is 0 Å². The second-order valence-electron chi connectivity index (χ2n) is 7.06. The molecule has 5 nitrogen and oxygen atoms in total. The van der Waals surface area contributed by atoms with E-state index in [4.69, 9.17) is 10.5 Å². The molecular weight excluding hydrogens is 364 g/mol. The Balaban J connectivity index is 1.89. The van der Waals surface area contributed by atoms with E-state index in [1.165, 1.54) is 0 Å². The van der Waals surface area contributed by atoms with Crippen LogP contribution in [0.5, 0.6) is 5.75 Å². The van der Waals surface area contributed by atoms with E-state index in [1.807, 2.05) is 12.1 Å². The van der Waals surface area contributed by atoms with E-state index in [-0.39, 0.29) is 11.7 Å². The number of carbonyl (C=O) groups is 2. The van der Waals surface area contributed by atoms with Crippen LogP contribution in [0.2, 0.25) is 0 Å². The smallest absolute Gasteiger partial charge is 0.255 e. The second-order valence-corrected chi connectivity index (χ2v) is 7.06. The van der Waals surface area contributed by atoms with Crippen LogP contribution in [0.25, 0.3) is 0 Å². The van der Waals surface area contributed by atoms with Gasteiger partial charge in [-0.25, -0.2) is 0 Å². The molecule has 5 heteroatoms. The molecule has 29 heavy (non-hydrogen) atoms. The monoisotopic (exact) mass is 388 g/mol. The first-order valence-electron chi connectivity index (χ1n) is 9.39. The average Bonchev–Trinajstić information content (AvgIpc) is 2.74. The SMILES string of the molecule is COc1ccc(C(=O)c2cccc(N)c2NC(=O)c2ccc(C(C)C)cc2)cc1. The summed E-state index contributed by atoms with van der Waals surface area (Å²) in [7, 11) is 1.57. The summed E-state index contributed by atoms with van der Waals surface area (Å²) >= 11 is 0. The van der Waals surface area contributed by atoms with Crippen molar-refractivity contribution in [2.24, 2.45) is 0 Å². The summed E-state index contributed by atoms with van der Waals surface area (Å²) in [5, 5.41) is 2.81. The fourth-order valence-electron chi connectivity index (χ4n) is 3.00. The van der Waals surface area contributed by atoms with E-state index in [9.17, 15) is 9.59 Å². The highest BCUT2D eigenvalue weighted by Gasteiger charge is 2.18. The van der Waals surface area contributed by atoms with Gasteiger partial charge in [-0.1, -0.05) is 32.0 Å². The van der Waals surface area contributed by atoms with E-state index in [0.29, 0.717) is 39.7 Å². The number of hydrogen-bond acceptors (Lipinski definition) is 4. The number of hydrogen-bond donors (Lipinski definition) is 2. The number of rotatable bonds is 6. The van der Waals surface area contributed by atoms with Crippen molar-refractivity contribution in [2.45, 2.75) is 19.8 Å². The van der Waals surface area contributed by atoms with Crippen LogP contribution in [0.1, 0.15) is 51.6 Å². The number of anilines is 2. The standard InChI is InChI=1S/C24H24N2O3/c1-15(2)16-7-9-18(10-8-16)24(28)26-22-20(5-4-6-21(22)25)23(27)17-11-13-19(29-3)14-12-17/h4-15H,25H2,1-3H3,(H,26,28). The van der Waals surface area contributed by atoms with Crippen molar-refractivity contribution in [1.29, 1.82) is 0 Å². The van der Waals surface area contributed by atoms with Gasteiger partial charge >= 0.3 is 0 Å². The summed E-state index contributed by atoms with van der Waals surface area (Å²) in [6.07, 6.45) is 0. The molecule has 0 aliphatic carbocycles. The molecule has 0 radical (unpaired) electrons. The number of nitrogen functional groups attached to an aromatic ring is 1. The van der Waals surface area contributed by atoms with Crippen molar-refractivity contribution in [2.75, 3.05) is 18.2 Å². The molecule has 0 bridgehead atoms. The number of benzene rings is 3. The lowest BCUT2D eigenvalue weighted by Gasteiger charge is -2.14. The lowest BCUT2D eigenvalue weighted by atomic mass is 9.99. The minimum atomic E-state index is -0.318. The Hall–Kier alpha value is -3.60. The number of para-hydroxylation sites is 1. The molecule has 0 aromatic heterocycles.